The molecule has 1 aliphatic heterocycles. The molecule has 1 heterocycles. The molecule has 2 N–H and O–H groups in total. The molecule has 0 radical (unpaired) electrons. The second-order valence-corrected chi connectivity index (χ2v) is 6.11. The lowest BCUT2D eigenvalue weighted by atomic mass is 10.0. The number of amides is 1. The van der Waals surface area contributed by atoms with E-state index in [0.29, 0.717) is 12.1 Å². The Morgan fingerprint density at radius 2 is 1.95 bits per heavy atom. The van der Waals surface area contributed by atoms with Gasteiger partial charge in [-0.1, -0.05) is 37.6 Å². The largest absolute Gasteiger partial charge is 0.341 e. The molecule has 0 saturated carbocycles. The van der Waals surface area contributed by atoms with Crippen LogP contribution in [-0.2, 0) is 11.2 Å². The molecule has 1 saturated heterocycles. The van der Waals surface area contributed by atoms with Gasteiger partial charge in [-0.3, -0.25) is 9.59 Å². The van der Waals surface area contributed by atoms with Crippen molar-refractivity contribution in [1.82, 2.24) is 4.90 Å². The molecule has 0 aromatic heterocycles. The van der Waals surface area contributed by atoms with Crippen LogP contribution in [-0.4, -0.2) is 35.7 Å². The molecule has 1 aromatic carbocycles. The van der Waals surface area contributed by atoms with Gasteiger partial charge in [0.2, 0.25) is 5.91 Å². The Kier molecular flexibility index (Phi) is 6.13. The number of nitrogens with zero attached hydrogens (tertiary/aromatic N) is 1. The van der Waals surface area contributed by atoms with Gasteiger partial charge in [-0.05, 0) is 24.8 Å². The summed E-state index contributed by atoms with van der Waals surface area (Å²) in [7, 11) is 0. The van der Waals surface area contributed by atoms with E-state index < -0.39 is 0 Å². The van der Waals surface area contributed by atoms with E-state index in [4.69, 9.17) is 5.73 Å². The Balaban J connectivity index is 1.80. The molecule has 1 amide bonds. The van der Waals surface area contributed by atoms with Gasteiger partial charge in [-0.25, -0.2) is 0 Å². The summed E-state index contributed by atoms with van der Waals surface area (Å²) in [5.41, 5.74) is 7.76. The van der Waals surface area contributed by atoms with E-state index >= 15 is 0 Å². The minimum atomic E-state index is 0.0406. The highest BCUT2D eigenvalue weighted by molar-refractivity contribution is 5.98. The van der Waals surface area contributed by atoms with E-state index in [1.807, 2.05) is 24.3 Å². The number of unbranched alkanes of at least 4 members (excludes halogenated alkanes) is 1. The van der Waals surface area contributed by atoms with Gasteiger partial charge in [0.15, 0.2) is 5.78 Å². The Morgan fingerprint density at radius 3 is 2.55 bits per heavy atom. The maximum absolute atomic E-state index is 12.2. The zero-order chi connectivity index (χ0) is 15.9. The van der Waals surface area contributed by atoms with Gasteiger partial charge < -0.3 is 10.6 Å². The molecule has 0 bridgehead atoms. The smallest absolute Gasteiger partial charge is 0.223 e. The summed E-state index contributed by atoms with van der Waals surface area (Å²) in [6.07, 6.45) is 4.81. The van der Waals surface area contributed by atoms with Gasteiger partial charge in [-0.15, -0.1) is 0 Å². The van der Waals surface area contributed by atoms with Crippen molar-refractivity contribution in [2.24, 2.45) is 5.73 Å². The minimum Gasteiger partial charge on any atom is -0.341 e. The molecular weight excluding hydrogens is 276 g/mol. The molecule has 120 valence electrons. The maximum atomic E-state index is 12.2. The van der Waals surface area contributed by atoms with Crippen molar-refractivity contribution in [3.8, 4) is 0 Å². The molecule has 0 aliphatic carbocycles. The summed E-state index contributed by atoms with van der Waals surface area (Å²) >= 11 is 0. The normalized spacial score (nSPS) is 17.7. The molecule has 1 fully saturated rings. The van der Waals surface area contributed by atoms with Crippen LogP contribution >= 0.6 is 0 Å². The molecule has 0 spiro atoms. The standard InChI is InChI=1S/C18H26N2O2/c1-2-3-4-14-5-7-15(8-6-14)17(21)9-10-18(22)20-12-11-16(19)13-20/h5-8,16H,2-4,9-13,19H2,1H3/t16-/m1/s1. The second kappa shape index (κ2) is 8.08. The van der Waals surface area contributed by atoms with Crippen LogP contribution < -0.4 is 5.73 Å². The van der Waals surface area contributed by atoms with Gasteiger partial charge in [0.1, 0.15) is 0 Å². The quantitative estimate of drug-likeness (QED) is 0.787. The molecular formula is C18H26N2O2. The molecule has 4 heteroatoms. The zero-order valence-corrected chi connectivity index (χ0v) is 13.4. The van der Waals surface area contributed by atoms with E-state index in [2.05, 4.69) is 6.92 Å². The number of nitrogens with two attached hydrogens (primary N) is 1. The Labute approximate surface area is 132 Å². The van der Waals surface area contributed by atoms with Crippen molar-refractivity contribution >= 4 is 11.7 Å². The molecule has 2 rings (SSSR count). The Bertz CT molecular complexity index is 510. The zero-order valence-electron chi connectivity index (χ0n) is 13.4. The summed E-state index contributed by atoms with van der Waals surface area (Å²) in [6.45, 7) is 3.52. The number of rotatable bonds is 7. The first-order valence-corrected chi connectivity index (χ1v) is 8.25. The summed E-state index contributed by atoms with van der Waals surface area (Å²) < 4.78 is 0. The fourth-order valence-corrected chi connectivity index (χ4v) is 2.77. The van der Waals surface area contributed by atoms with Crippen LogP contribution in [0, 0.1) is 0 Å². The predicted octanol–water partition coefficient (Wildman–Crippen LogP) is 2.55. The van der Waals surface area contributed by atoms with Gasteiger partial charge in [0, 0.05) is 37.5 Å². The molecule has 1 aliphatic rings. The Hall–Kier alpha value is -1.68. The fraction of sp³-hybridized carbons (Fsp3) is 0.556. The fourth-order valence-electron chi connectivity index (χ4n) is 2.77. The van der Waals surface area contributed by atoms with E-state index in [0.717, 1.165) is 19.4 Å². The number of hydrogen-bond acceptors (Lipinski definition) is 3. The van der Waals surface area contributed by atoms with Gasteiger partial charge in [-0.2, -0.15) is 0 Å². The monoisotopic (exact) mass is 302 g/mol. The van der Waals surface area contributed by atoms with Crippen molar-refractivity contribution in [3.05, 3.63) is 35.4 Å². The summed E-state index contributed by atoms with van der Waals surface area (Å²) in [4.78, 5) is 25.9. The average Bonchev–Trinajstić information content (AvgIpc) is 2.97. The number of hydrogen-bond donors (Lipinski definition) is 1. The van der Waals surface area contributed by atoms with Crippen molar-refractivity contribution in [2.75, 3.05) is 13.1 Å². The van der Waals surface area contributed by atoms with Crippen LogP contribution in [0.3, 0.4) is 0 Å². The van der Waals surface area contributed by atoms with Crippen LogP contribution in [0.5, 0.6) is 0 Å². The van der Waals surface area contributed by atoms with Crippen LogP contribution in [0.25, 0.3) is 0 Å². The van der Waals surface area contributed by atoms with Gasteiger partial charge in [0.05, 0.1) is 0 Å². The van der Waals surface area contributed by atoms with Crippen LogP contribution in [0.15, 0.2) is 24.3 Å². The summed E-state index contributed by atoms with van der Waals surface area (Å²) in [5, 5.41) is 0. The first-order valence-electron chi connectivity index (χ1n) is 8.25. The highest BCUT2D eigenvalue weighted by atomic mass is 16.2. The lowest BCUT2D eigenvalue weighted by Gasteiger charge is -2.15. The van der Waals surface area contributed by atoms with E-state index in [1.54, 1.807) is 4.90 Å². The lowest BCUT2D eigenvalue weighted by Crippen LogP contribution is -2.32. The summed E-state index contributed by atoms with van der Waals surface area (Å²) in [6, 6.07) is 7.89. The lowest BCUT2D eigenvalue weighted by molar-refractivity contribution is -0.130. The molecule has 4 nitrogen and oxygen atoms in total. The topological polar surface area (TPSA) is 63.4 Å². The highest BCUT2D eigenvalue weighted by Gasteiger charge is 2.23. The molecule has 1 aromatic rings. The number of benzene rings is 1. The molecule has 1 atom stereocenters. The second-order valence-electron chi connectivity index (χ2n) is 6.11. The van der Waals surface area contributed by atoms with Gasteiger partial charge in [0.25, 0.3) is 0 Å². The number of carbonyl (C=O) groups excluding carboxylic acids is 2. The van der Waals surface area contributed by atoms with Crippen molar-refractivity contribution in [3.63, 3.8) is 0 Å². The minimum absolute atomic E-state index is 0.0406. The first kappa shape index (κ1) is 16.7. The first-order chi connectivity index (χ1) is 10.6. The van der Waals surface area contributed by atoms with Crippen LogP contribution in [0.2, 0.25) is 0 Å². The highest BCUT2D eigenvalue weighted by Crippen LogP contribution is 2.13. The SMILES string of the molecule is CCCCc1ccc(C(=O)CCC(=O)N2CC[C@@H](N)C2)cc1. The van der Waals surface area contributed by atoms with Crippen molar-refractivity contribution < 1.29 is 9.59 Å². The third-order valence-electron chi connectivity index (χ3n) is 4.24. The Morgan fingerprint density at radius 1 is 1.23 bits per heavy atom. The number of ketones is 1. The number of aryl methyl sites for hydroxylation is 1. The van der Waals surface area contributed by atoms with Crippen molar-refractivity contribution in [1.29, 1.82) is 0 Å². The van der Waals surface area contributed by atoms with Crippen LogP contribution in [0.1, 0.15) is 54.9 Å². The summed E-state index contributed by atoms with van der Waals surface area (Å²) in [5.74, 6) is 0.0831. The number of carbonyl (C=O) groups is 2. The molecule has 22 heavy (non-hydrogen) atoms. The van der Waals surface area contributed by atoms with Gasteiger partial charge >= 0.3 is 0 Å². The van der Waals surface area contributed by atoms with Crippen LogP contribution in [0.4, 0.5) is 0 Å². The van der Waals surface area contributed by atoms with E-state index in [-0.39, 0.29) is 30.6 Å². The predicted molar refractivity (Wildman–Crippen MR) is 87.8 cm³/mol. The van der Waals surface area contributed by atoms with E-state index in [1.165, 1.54) is 18.4 Å². The molecule has 0 unspecified atom stereocenters. The third-order valence-corrected chi connectivity index (χ3v) is 4.24. The maximum Gasteiger partial charge on any atom is 0.223 e. The van der Waals surface area contributed by atoms with Crippen molar-refractivity contribution in [2.45, 2.75) is 51.5 Å². The number of likely N-dealkylation sites (tertiary alicyclic amines) is 1. The average molecular weight is 302 g/mol. The third kappa shape index (κ3) is 4.67. The number of Topliss-reactive ketones (excluding diaryl/α,β-unsaturated/α-hetero) is 1. The van der Waals surface area contributed by atoms with E-state index in [9.17, 15) is 9.59 Å².